The lowest BCUT2D eigenvalue weighted by Gasteiger charge is -2.08. The summed E-state index contributed by atoms with van der Waals surface area (Å²) in [6.45, 7) is 1.97. The molecule has 2 N–H and O–H groups in total. The second-order valence-corrected chi connectivity index (χ2v) is 9.97. The first-order chi connectivity index (χ1) is 19.7. The molecule has 7 heterocycles. The average Bonchev–Trinajstić information content (AvgIpc) is 3.76. The maximum atomic E-state index is 14.7. The van der Waals surface area contributed by atoms with Crippen molar-refractivity contribution in [2.45, 2.75) is 13.1 Å². The van der Waals surface area contributed by atoms with Crippen LogP contribution < -0.4 is 0 Å². The Labute approximate surface area is 231 Å². The van der Waals surface area contributed by atoms with Crippen LogP contribution in [0.25, 0.3) is 69.1 Å². The molecule has 0 atom stereocenters. The molecular formula is C30H23F3N8. The summed E-state index contributed by atoms with van der Waals surface area (Å²) < 4.78 is 47.6. The van der Waals surface area contributed by atoms with Crippen LogP contribution in [0, 0.1) is 6.92 Å². The Morgan fingerprint density at radius 2 is 1.10 bits per heavy atom. The number of alkyl halides is 3. The molecule has 2 aliphatic rings. The zero-order chi connectivity index (χ0) is 28.5. The lowest BCUT2D eigenvalue weighted by Crippen LogP contribution is -2.08. The van der Waals surface area contributed by atoms with Crippen LogP contribution >= 0.6 is 0 Å². The summed E-state index contributed by atoms with van der Waals surface area (Å²) in [5.41, 5.74) is 4.55. The lowest BCUT2D eigenvalue weighted by molar-refractivity contribution is -0.136. The first-order valence-electron chi connectivity index (χ1n) is 12.8. The molecule has 0 aromatic carbocycles. The van der Waals surface area contributed by atoms with Crippen LogP contribution in [0.15, 0.2) is 49.1 Å². The van der Waals surface area contributed by atoms with E-state index >= 15 is 0 Å². The minimum Gasteiger partial charge on any atom is -0.355 e. The van der Waals surface area contributed by atoms with E-state index in [-0.39, 0.29) is 11.2 Å². The Kier molecular flexibility index (Phi) is 5.40. The number of hydrogen-bond acceptors (Lipinski definition) is 4. The maximum Gasteiger partial charge on any atom is 0.420 e. The first kappa shape index (κ1) is 24.8. The van der Waals surface area contributed by atoms with Crippen molar-refractivity contribution in [2.75, 3.05) is 0 Å². The van der Waals surface area contributed by atoms with Crippen LogP contribution in [0.4, 0.5) is 13.2 Å². The fraction of sp³-hybridized carbons (Fsp3) is 0.133. The molecule has 0 aliphatic carbocycles. The average molecular weight is 553 g/mol. The van der Waals surface area contributed by atoms with Gasteiger partial charge in [-0.1, -0.05) is 0 Å². The number of H-pyrrole nitrogens is 2. The van der Waals surface area contributed by atoms with Crippen LogP contribution in [0.2, 0.25) is 0 Å². The van der Waals surface area contributed by atoms with E-state index in [0.29, 0.717) is 45.2 Å². The molecule has 2 aliphatic heterocycles. The molecule has 204 valence electrons. The predicted octanol–water partition coefficient (Wildman–Crippen LogP) is 6.78. The third-order valence-corrected chi connectivity index (χ3v) is 7.39. The number of fused-ring (bicyclic) bond motifs is 8. The number of aryl methyl sites for hydroxylation is 3. The van der Waals surface area contributed by atoms with Gasteiger partial charge >= 0.3 is 6.18 Å². The van der Waals surface area contributed by atoms with Gasteiger partial charge in [0.25, 0.3) is 0 Å². The van der Waals surface area contributed by atoms with Gasteiger partial charge in [-0.25, -0.2) is 19.9 Å². The number of hydrogen-bond donors (Lipinski definition) is 2. The first-order valence-corrected chi connectivity index (χ1v) is 12.8. The fourth-order valence-electron chi connectivity index (χ4n) is 5.33. The number of halogens is 3. The number of aromatic nitrogens is 8. The number of imidazole rings is 2. The molecule has 0 unspecified atom stereocenters. The highest BCUT2D eigenvalue weighted by atomic mass is 19.4. The second kappa shape index (κ2) is 8.91. The number of aromatic amines is 2. The molecule has 8 bridgehead atoms. The Hall–Kier alpha value is -5.19. The topological polar surface area (TPSA) is 93.0 Å². The van der Waals surface area contributed by atoms with Gasteiger partial charge in [0.2, 0.25) is 0 Å². The van der Waals surface area contributed by atoms with Gasteiger partial charge in [-0.15, -0.1) is 0 Å². The summed E-state index contributed by atoms with van der Waals surface area (Å²) >= 11 is 0. The summed E-state index contributed by atoms with van der Waals surface area (Å²) in [4.78, 5) is 24.8. The molecule has 11 heteroatoms. The van der Waals surface area contributed by atoms with E-state index in [9.17, 15) is 13.2 Å². The van der Waals surface area contributed by atoms with E-state index in [2.05, 4.69) is 24.9 Å². The predicted molar refractivity (Wildman–Crippen MR) is 153 cm³/mol. The van der Waals surface area contributed by atoms with Gasteiger partial charge in [0, 0.05) is 44.4 Å². The second-order valence-electron chi connectivity index (χ2n) is 9.97. The molecule has 7 rings (SSSR count). The van der Waals surface area contributed by atoms with E-state index in [1.165, 1.54) is 12.1 Å². The molecule has 0 fully saturated rings. The SMILES string of the molecule is Cc1c2nc(c(-c3nccn3C)c3ccc([nH]3)c(C(F)(F)F)c3nc(c(-c4nccn4C)c4ccc1[nH]4)C=C3)C=C2. The van der Waals surface area contributed by atoms with Crippen molar-refractivity contribution in [3.63, 3.8) is 0 Å². The quantitative estimate of drug-likeness (QED) is 0.247. The lowest BCUT2D eigenvalue weighted by atomic mass is 10.1. The van der Waals surface area contributed by atoms with Crippen molar-refractivity contribution in [1.29, 1.82) is 0 Å². The molecule has 0 spiro atoms. The van der Waals surface area contributed by atoms with Crippen LogP contribution in [-0.4, -0.2) is 39.0 Å². The summed E-state index contributed by atoms with van der Waals surface area (Å²) in [7, 11) is 3.66. The van der Waals surface area contributed by atoms with Crippen LogP contribution in [0.3, 0.4) is 0 Å². The van der Waals surface area contributed by atoms with Gasteiger partial charge in [0.1, 0.15) is 17.2 Å². The Morgan fingerprint density at radius 3 is 1.63 bits per heavy atom. The molecule has 41 heavy (non-hydrogen) atoms. The van der Waals surface area contributed by atoms with E-state index in [4.69, 9.17) is 4.98 Å². The third-order valence-electron chi connectivity index (χ3n) is 7.39. The van der Waals surface area contributed by atoms with E-state index in [0.717, 1.165) is 16.8 Å². The molecular weight excluding hydrogens is 529 g/mol. The molecule has 8 nitrogen and oxygen atoms in total. The van der Waals surface area contributed by atoms with Crippen molar-refractivity contribution in [2.24, 2.45) is 14.1 Å². The van der Waals surface area contributed by atoms with Crippen LogP contribution in [0.1, 0.15) is 33.9 Å². The molecule has 5 aromatic rings. The van der Waals surface area contributed by atoms with E-state index in [1.54, 1.807) is 36.9 Å². The molecule has 0 amide bonds. The maximum absolute atomic E-state index is 14.7. The number of rotatable bonds is 2. The zero-order valence-corrected chi connectivity index (χ0v) is 22.2. The fourth-order valence-corrected chi connectivity index (χ4v) is 5.33. The third kappa shape index (κ3) is 4.00. The highest BCUT2D eigenvalue weighted by molar-refractivity contribution is 5.92. The van der Waals surface area contributed by atoms with Gasteiger partial charge in [-0.3, -0.25) is 0 Å². The van der Waals surface area contributed by atoms with Gasteiger partial charge < -0.3 is 19.1 Å². The minimum atomic E-state index is -4.68. The zero-order valence-electron chi connectivity index (χ0n) is 22.2. The molecule has 0 radical (unpaired) electrons. The molecule has 0 saturated carbocycles. The highest BCUT2D eigenvalue weighted by Crippen LogP contribution is 2.38. The van der Waals surface area contributed by atoms with Crippen molar-refractivity contribution >= 4 is 46.4 Å². The van der Waals surface area contributed by atoms with Crippen molar-refractivity contribution in [3.05, 3.63) is 83.0 Å². The smallest absolute Gasteiger partial charge is 0.355 e. The molecule has 5 aromatic heterocycles. The Bertz CT molecular complexity index is 2040. The standard InChI is InChI=1S/C30H23F3N8/c1-16-17-4-6-19(36-17)25(28-34-12-14-40(28)2)21-8-10-23(38-21)27(30(31,32)33)24-11-9-22(39-24)26(20-7-5-18(16)37-20)29-35-13-15-41(29)3/h4-15,36,39H,1-3H3. The summed E-state index contributed by atoms with van der Waals surface area (Å²) in [5, 5.41) is 0. The van der Waals surface area contributed by atoms with Gasteiger partial charge in [0.15, 0.2) is 0 Å². The van der Waals surface area contributed by atoms with E-state index in [1.807, 2.05) is 54.4 Å². The summed E-state index contributed by atoms with van der Waals surface area (Å²) in [5.74, 6) is 1.14. The Morgan fingerprint density at radius 1 is 0.634 bits per heavy atom. The molecule has 0 saturated heterocycles. The van der Waals surface area contributed by atoms with E-state index < -0.39 is 11.7 Å². The van der Waals surface area contributed by atoms with Crippen molar-refractivity contribution in [3.8, 4) is 22.8 Å². The number of nitrogens with one attached hydrogen (secondary N) is 2. The normalized spacial score (nSPS) is 12.9. The summed E-state index contributed by atoms with van der Waals surface area (Å²) in [6, 6.07) is 6.86. The minimum absolute atomic E-state index is 0.105. The summed E-state index contributed by atoms with van der Waals surface area (Å²) in [6.07, 6.45) is 8.92. The van der Waals surface area contributed by atoms with Crippen LogP contribution in [0.5, 0.6) is 0 Å². The van der Waals surface area contributed by atoms with Gasteiger partial charge in [0.05, 0.1) is 50.5 Å². The van der Waals surface area contributed by atoms with Gasteiger partial charge in [-0.05, 0) is 61.1 Å². The largest absolute Gasteiger partial charge is 0.420 e. The van der Waals surface area contributed by atoms with Crippen molar-refractivity contribution < 1.29 is 13.2 Å². The van der Waals surface area contributed by atoms with Gasteiger partial charge in [-0.2, -0.15) is 13.2 Å². The highest BCUT2D eigenvalue weighted by Gasteiger charge is 2.36. The monoisotopic (exact) mass is 552 g/mol. The van der Waals surface area contributed by atoms with Crippen LogP contribution in [-0.2, 0) is 20.3 Å². The van der Waals surface area contributed by atoms with Crippen molar-refractivity contribution in [1.82, 2.24) is 39.0 Å². The number of nitrogens with zero attached hydrogens (tertiary/aromatic N) is 6. The Balaban J connectivity index is 1.69.